The summed E-state index contributed by atoms with van der Waals surface area (Å²) in [5, 5.41) is 2.08. The van der Waals surface area contributed by atoms with Crippen molar-refractivity contribution in [3.05, 3.63) is 39.3 Å². The second kappa shape index (κ2) is 4.84. The van der Waals surface area contributed by atoms with E-state index in [1.165, 1.54) is 4.88 Å². The molecule has 0 saturated heterocycles. The molecule has 2 aromatic heterocycles. The summed E-state index contributed by atoms with van der Waals surface area (Å²) in [7, 11) is 2.03. The summed E-state index contributed by atoms with van der Waals surface area (Å²) in [4.78, 5) is 7.40. The van der Waals surface area contributed by atoms with Crippen LogP contribution in [0, 0.1) is 0 Å². The molecule has 0 saturated carbocycles. The van der Waals surface area contributed by atoms with Gasteiger partial charge in [-0.2, -0.15) is 0 Å². The van der Waals surface area contributed by atoms with Gasteiger partial charge in [0.25, 0.3) is 0 Å². The Morgan fingerprint density at radius 2 is 2.38 bits per heavy atom. The minimum Gasteiger partial charge on any atom is -0.396 e. The molecule has 0 fully saturated rings. The van der Waals surface area contributed by atoms with Crippen LogP contribution >= 0.6 is 27.3 Å². The summed E-state index contributed by atoms with van der Waals surface area (Å²) in [6.07, 6.45) is 3.43. The zero-order valence-corrected chi connectivity index (χ0v) is 11.3. The average molecular weight is 298 g/mol. The molecule has 5 heteroatoms. The van der Waals surface area contributed by atoms with Gasteiger partial charge in [-0.1, -0.05) is 0 Å². The number of anilines is 2. The first-order valence-electron chi connectivity index (χ1n) is 4.80. The van der Waals surface area contributed by atoms with Crippen LogP contribution in [0.25, 0.3) is 0 Å². The number of hydrogen-bond donors (Lipinski definition) is 1. The zero-order valence-electron chi connectivity index (χ0n) is 8.85. The molecule has 0 bridgehead atoms. The Morgan fingerprint density at radius 3 is 3.00 bits per heavy atom. The molecular weight excluding hydrogens is 286 g/mol. The number of aromatic nitrogens is 1. The quantitative estimate of drug-likeness (QED) is 0.946. The van der Waals surface area contributed by atoms with Gasteiger partial charge in [-0.3, -0.25) is 4.98 Å². The van der Waals surface area contributed by atoms with E-state index in [1.807, 2.05) is 13.1 Å². The van der Waals surface area contributed by atoms with Crippen molar-refractivity contribution in [3.8, 4) is 0 Å². The van der Waals surface area contributed by atoms with Crippen LogP contribution in [0.1, 0.15) is 4.88 Å². The van der Waals surface area contributed by atoms with Gasteiger partial charge in [-0.05, 0) is 28.1 Å². The van der Waals surface area contributed by atoms with Crippen molar-refractivity contribution in [2.75, 3.05) is 17.7 Å². The highest BCUT2D eigenvalue weighted by Crippen LogP contribution is 2.25. The lowest BCUT2D eigenvalue weighted by Crippen LogP contribution is -2.17. The van der Waals surface area contributed by atoms with Gasteiger partial charge >= 0.3 is 0 Å². The summed E-state index contributed by atoms with van der Waals surface area (Å²) >= 11 is 5.18. The van der Waals surface area contributed by atoms with E-state index in [2.05, 4.69) is 37.3 Å². The number of hydrogen-bond acceptors (Lipinski definition) is 4. The van der Waals surface area contributed by atoms with Crippen molar-refractivity contribution in [1.29, 1.82) is 0 Å². The van der Waals surface area contributed by atoms with E-state index in [4.69, 9.17) is 5.73 Å². The van der Waals surface area contributed by atoms with Gasteiger partial charge in [0.05, 0.1) is 24.1 Å². The van der Waals surface area contributed by atoms with Crippen molar-refractivity contribution in [3.63, 3.8) is 0 Å². The molecule has 84 valence electrons. The number of nitrogens with zero attached hydrogens (tertiary/aromatic N) is 2. The van der Waals surface area contributed by atoms with Crippen molar-refractivity contribution >= 4 is 38.6 Å². The molecule has 2 rings (SSSR count). The van der Waals surface area contributed by atoms with E-state index < -0.39 is 0 Å². The predicted molar refractivity (Wildman–Crippen MR) is 72.8 cm³/mol. The van der Waals surface area contributed by atoms with Crippen molar-refractivity contribution in [1.82, 2.24) is 4.98 Å². The van der Waals surface area contributed by atoms with E-state index in [-0.39, 0.29) is 0 Å². The molecule has 2 aromatic rings. The Kier molecular flexibility index (Phi) is 3.46. The highest BCUT2D eigenvalue weighted by atomic mass is 79.9. The Balaban J connectivity index is 2.14. The second-order valence-electron chi connectivity index (χ2n) is 3.52. The molecule has 2 N–H and O–H groups in total. The fourth-order valence-electron chi connectivity index (χ4n) is 1.50. The minimum atomic E-state index is 0.709. The third kappa shape index (κ3) is 2.54. The van der Waals surface area contributed by atoms with Crippen LogP contribution in [0.15, 0.2) is 34.4 Å². The summed E-state index contributed by atoms with van der Waals surface area (Å²) in [5.74, 6) is 0. The van der Waals surface area contributed by atoms with Gasteiger partial charge in [-0.25, -0.2) is 0 Å². The van der Waals surface area contributed by atoms with Gasteiger partial charge in [0.15, 0.2) is 0 Å². The Bertz CT molecular complexity index is 484. The molecule has 0 amide bonds. The molecule has 0 spiro atoms. The molecule has 0 radical (unpaired) electrons. The topological polar surface area (TPSA) is 42.2 Å². The molecule has 0 aliphatic carbocycles. The molecule has 0 atom stereocenters. The number of nitrogen functional groups attached to an aromatic ring is 1. The normalized spacial score (nSPS) is 10.4. The molecule has 0 aliphatic heterocycles. The molecule has 3 nitrogen and oxygen atoms in total. The lowest BCUT2D eigenvalue weighted by atomic mass is 10.3. The predicted octanol–water partition coefficient (Wildman–Crippen LogP) is 3.12. The van der Waals surface area contributed by atoms with Crippen LogP contribution in [0.2, 0.25) is 0 Å². The first-order chi connectivity index (χ1) is 7.66. The SMILES string of the molecule is CN(Cc1cc(Br)cs1)c1ccncc1N. The smallest absolute Gasteiger partial charge is 0.0738 e. The number of thiophene rings is 1. The maximum Gasteiger partial charge on any atom is 0.0738 e. The summed E-state index contributed by atoms with van der Waals surface area (Å²) in [6.45, 7) is 0.852. The molecule has 0 unspecified atom stereocenters. The van der Waals surface area contributed by atoms with Crippen LogP contribution in [0.5, 0.6) is 0 Å². The molecule has 0 aliphatic rings. The fraction of sp³-hybridized carbons (Fsp3) is 0.182. The summed E-state index contributed by atoms with van der Waals surface area (Å²) in [6, 6.07) is 4.05. The molecule has 0 aromatic carbocycles. The first-order valence-corrected chi connectivity index (χ1v) is 6.47. The number of rotatable bonds is 3. The van der Waals surface area contributed by atoms with Crippen molar-refractivity contribution < 1.29 is 0 Å². The molecule has 2 heterocycles. The third-order valence-electron chi connectivity index (χ3n) is 2.25. The lowest BCUT2D eigenvalue weighted by Gasteiger charge is -2.19. The molecule has 16 heavy (non-hydrogen) atoms. The standard InChI is InChI=1S/C11H12BrN3S/c1-15(6-9-4-8(12)7-16-9)11-2-3-14-5-10(11)13/h2-5,7H,6,13H2,1H3. The number of halogens is 1. The highest BCUT2D eigenvalue weighted by Gasteiger charge is 2.06. The van der Waals surface area contributed by atoms with Crippen molar-refractivity contribution in [2.45, 2.75) is 6.54 Å². The van der Waals surface area contributed by atoms with E-state index in [0.717, 1.165) is 16.7 Å². The van der Waals surface area contributed by atoms with Gasteiger partial charge in [-0.15, -0.1) is 11.3 Å². The number of nitrogens with two attached hydrogens (primary N) is 1. The van der Waals surface area contributed by atoms with Crippen LogP contribution < -0.4 is 10.6 Å². The maximum absolute atomic E-state index is 5.87. The monoisotopic (exact) mass is 297 g/mol. The maximum atomic E-state index is 5.87. The van der Waals surface area contributed by atoms with Crippen LogP contribution in [0.4, 0.5) is 11.4 Å². The van der Waals surface area contributed by atoms with Crippen LogP contribution in [0.3, 0.4) is 0 Å². The lowest BCUT2D eigenvalue weighted by molar-refractivity contribution is 0.939. The summed E-state index contributed by atoms with van der Waals surface area (Å²) in [5.41, 5.74) is 7.59. The average Bonchev–Trinajstić information content (AvgIpc) is 2.64. The van der Waals surface area contributed by atoms with Crippen LogP contribution in [-0.2, 0) is 6.54 Å². The Labute approximate surface area is 107 Å². The van der Waals surface area contributed by atoms with Gasteiger partial charge in [0, 0.05) is 28.0 Å². The summed E-state index contributed by atoms with van der Waals surface area (Å²) < 4.78 is 1.13. The first kappa shape index (κ1) is 11.4. The van der Waals surface area contributed by atoms with E-state index in [9.17, 15) is 0 Å². The van der Waals surface area contributed by atoms with E-state index in [1.54, 1.807) is 23.7 Å². The van der Waals surface area contributed by atoms with Crippen molar-refractivity contribution in [2.24, 2.45) is 0 Å². The zero-order chi connectivity index (χ0) is 11.5. The Hall–Kier alpha value is -1.07. The molecular formula is C11H12BrN3S. The van der Waals surface area contributed by atoms with E-state index >= 15 is 0 Å². The highest BCUT2D eigenvalue weighted by molar-refractivity contribution is 9.10. The minimum absolute atomic E-state index is 0.709. The fourth-order valence-corrected chi connectivity index (χ4v) is 3.01. The van der Waals surface area contributed by atoms with Gasteiger partial charge in [0.1, 0.15) is 0 Å². The Morgan fingerprint density at radius 1 is 1.56 bits per heavy atom. The second-order valence-corrected chi connectivity index (χ2v) is 5.43. The third-order valence-corrected chi connectivity index (χ3v) is 3.94. The van der Waals surface area contributed by atoms with Gasteiger partial charge in [0.2, 0.25) is 0 Å². The van der Waals surface area contributed by atoms with Crippen LogP contribution in [-0.4, -0.2) is 12.0 Å². The number of pyridine rings is 1. The largest absolute Gasteiger partial charge is 0.396 e. The van der Waals surface area contributed by atoms with E-state index in [0.29, 0.717) is 5.69 Å². The van der Waals surface area contributed by atoms with Gasteiger partial charge < -0.3 is 10.6 Å².